The number of amides is 1. The van der Waals surface area contributed by atoms with Gasteiger partial charge in [0.15, 0.2) is 5.82 Å². The molecule has 1 aliphatic heterocycles. The molecule has 1 aromatic carbocycles. The maximum Gasteiger partial charge on any atom is 0.407 e. The van der Waals surface area contributed by atoms with Crippen molar-refractivity contribution in [2.75, 3.05) is 31.1 Å². The molecule has 0 aliphatic carbocycles. The lowest BCUT2D eigenvalue weighted by molar-refractivity contribution is 0.142. The Balaban J connectivity index is 2.18. The van der Waals surface area contributed by atoms with Gasteiger partial charge >= 0.3 is 6.09 Å². The van der Waals surface area contributed by atoms with Crippen molar-refractivity contribution in [2.24, 2.45) is 0 Å². The Hall–Kier alpha value is -1.89. The van der Waals surface area contributed by atoms with E-state index in [1.807, 2.05) is 0 Å². The van der Waals surface area contributed by atoms with Crippen molar-refractivity contribution in [3.05, 3.63) is 29.3 Å². The summed E-state index contributed by atoms with van der Waals surface area (Å²) >= 11 is 0. The van der Waals surface area contributed by atoms with Gasteiger partial charge in [0.2, 0.25) is 0 Å². The van der Waals surface area contributed by atoms with Gasteiger partial charge in [-0.05, 0) is 12.1 Å². The zero-order valence-corrected chi connectivity index (χ0v) is 10.1. The summed E-state index contributed by atoms with van der Waals surface area (Å²) in [5, 5.41) is 17.8. The molecule has 0 spiro atoms. The lowest BCUT2D eigenvalue weighted by Gasteiger charge is -2.35. The summed E-state index contributed by atoms with van der Waals surface area (Å²) in [6.07, 6.45) is -1.00. The first-order valence-corrected chi connectivity index (χ1v) is 5.85. The highest BCUT2D eigenvalue weighted by molar-refractivity contribution is 5.65. The monoisotopic (exact) mass is 272 g/mol. The highest BCUT2D eigenvalue weighted by Crippen LogP contribution is 2.25. The first-order chi connectivity index (χ1) is 9.04. The van der Waals surface area contributed by atoms with E-state index in [1.54, 1.807) is 4.90 Å². The third-order valence-electron chi connectivity index (χ3n) is 3.21. The highest BCUT2D eigenvalue weighted by atomic mass is 19.1. The van der Waals surface area contributed by atoms with Crippen molar-refractivity contribution in [2.45, 2.75) is 6.61 Å². The Labute approximate surface area is 108 Å². The topological polar surface area (TPSA) is 64.0 Å². The second-order valence-corrected chi connectivity index (χ2v) is 4.27. The van der Waals surface area contributed by atoms with Gasteiger partial charge in [-0.25, -0.2) is 13.6 Å². The molecule has 1 aliphatic rings. The Morgan fingerprint density at radius 3 is 2.37 bits per heavy atom. The molecule has 0 saturated carbocycles. The van der Waals surface area contributed by atoms with Gasteiger partial charge in [-0.2, -0.15) is 0 Å². The Morgan fingerprint density at radius 1 is 1.21 bits per heavy atom. The van der Waals surface area contributed by atoms with E-state index < -0.39 is 24.3 Å². The van der Waals surface area contributed by atoms with Gasteiger partial charge in [0.05, 0.1) is 17.9 Å². The van der Waals surface area contributed by atoms with E-state index in [-0.39, 0.29) is 24.3 Å². The van der Waals surface area contributed by atoms with Gasteiger partial charge in [-0.15, -0.1) is 0 Å². The Kier molecular flexibility index (Phi) is 3.84. The van der Waals surface area contributed by atoms with Crippen LogP contribution in [0.25, 0.3) is 0 Å². The van der Waals surface area contributed by atoms with Crippen LogP contribution >= 0.6 is 0 Å². The van der Waals surface area contributed by atoms with E-state index in [0.29, 0.717) is 13.1 Å². The van der Waals surface area contributed by atoms with Crippen LogP contribution in [0.1, 0.15) is 5.56 Å². The molecule has 0 radical (unpaired) electrons. The highest BCUT2D eigenvalue weighted by Gasteiger charge is 2.24. The van der Waals surface area contributed by atoms with Crippen LogP contribution in [-0.2, 0) is 6.61 Å². The van der Waals surface area contributed by atoms with Crippen molar-refractivity contribution >= 4 is 11.8 Å². The number of carbonyl (C=O) groups is 1. The van der Waals surface area contributed by atoms with Crippen LogP contribution in [0.15, 0.2) is 12.1 Å². The standard InChI is InChI=1S/C12H14F2N2O3/c13-9-1-2-10(11(14)8(9)7-17)15-3-5-16(6-4-15)12(18)19/h1-2,17H,3-7H2,(H,18,19). The number of piperazine rings is 1. The third-order valence-corrected chi connectivity index (χ3v) is 3.21. The smallest absolute Gasteiger partial charge is 0.407 e. The molecule has 0 bridgehead atoms. The Morgan fingerprint density at radius 2 is 1.84 bits per heavy atom. The molecule has 1 saturated heterocycles. The van der Waals surface area contributed by atoms with Gasteiger partial charge in [0, 0.05) is 26.2 Å². The largest absolute Gasteiger partial charge is 0.465 e. The molecule has 5 nitrogen and oxygen atoms in total. The summed E-state index contributed by atoms with van der Waals surface area (Å²) in [6, 6.07) is 2.41. The number of aliphatic hydroxyl groups excluding tert-OH is 1. The molecule has 0 unspecified atom stereocenters. The number of benzene rings is 1. The van der Waals surface area contributed by atoms with E-state index in [9.17, 15) is 13.6 Å². The van der Waals surface area contributed by atoms with Crippen LogP contribution in [-0.4, -0.2) is 47.4 Å². The predicted molar refractivity (Wildman–Crippen MR) is 64.1 cm³/mol. The minimum Gasteiger partial charge on any atom is -0.465 e. The fraction of sp³-hybridized carbons (Fsp3) is 0.417. The number of rotatable bonds is 2. The molecule has 0 aromatic heterocycles. The zero-order chi connectivity index (χ0) is 14.0. The molecule has 2 rings (SSSR count). The number of hydrogen-bond acceptors (Lipinski definition) is 3. The van der Waals surface area contributed by atoms with Crippen LogP contribution in [0.3, 0.4) is 0 Å². The molecule has 1 amide bonds. The number of carboxylic acid groups (broad SMARTS) is 1. The van der Waals surface area contributed by atoms with Crippen LogP contribution in [0.5, 0.6) is 0 Å². The molecule has 1 aromatic rings. The quantitative estimate of drug-likeness (QED) is 0.850. The van der Waals surface area contributed by atoms with Crippen LogP contribution in [0.2, 0.25) is 0 Å². The first kappa shape index (κ1) is 13.5. The lowest BCUT2D eigenvalue weighted by Crippen LogP contribution is -2.48. The van der Waals surface area contributed by atoms with E-state index >= 15 is 0 Å². The number of halogens is 2. The fourth-order valence-corrected chi connectivity index (χ4v) is 2.11. The maximum absolute atomic E-state index is 14.0. The summed E-state index contributed by atoms with van der Waals surface area (Å²) in [5.74, 6) is -1.57. The summed E-state index contributed by atoms with van der Waals surface area (Å²) in [4.78, 5) is 13.6. The molecular formula is C12H14F2N2O3. The average Bonchev–Trinajstić information content (AvgIpc) is 2.39. The van der Waals surface area contributed by atoms with Crippen LogP contribution < -0.4 is 4.90 Å². The average molecular weight is 272 g/mol. The number of hydrogen-bond donors (Lipinski definition) is 2. The summed E-state index contributed by atoms with van der Waals surface area (Å²) < 4.78 is 27.3. The molecular weight excluding hydrogens is 258 g/mol. The van der Waals surface area contributed by atoms with Gasteiger partial charge in [-0.1, -0.05) is 0 Å². The first-order valence-electron chi connectivity index (χ1n) is 5.85. The molecule has 19 heavy (non-hydrogen) atoms. The number of aliphatic hydroxyl groups is 1. The predicted octanol–water partition coefficient (Wildman–Crippen LogP) is 1.26. The molecule has 1 heterocycles. The molecule has 104 valence electrons. The summed E-state index contributed by atoms with van der Waals surface area (Å²) in [6.45, 7) is 0.487. The third kappa shape index (κ3) is 2.60. The van der Waals surface area contributed by atoms with Crippen molar-refractivity contribution in [1.29, 1.82) is 0 Å². The minimum absolute atomic E-state index is 0.190. The van der Waals surface area contributed by atoms with Gasteiger partial charge in [0.25, 0.3) is 0 Å². The molecule has 7 heteroatoms. The molecule has 2 N–H and O–H groups in total. The minimum atomic E-state index is -1.00. The second kappa shape index (κ2) is 5.40. The van der Waals surface area contributed by atoms with Crippen LogP contribution in [0.4, 0.5) is 19.3 Å². The van der Waals surface area contributed by atoms with E-state index in [2.05, 4.69) is 0 Å². The number of anilines is 1. The van der Waals surface area contributed by atoms with Crippen molar-refractivity contribution in [3.8, 4) is 0 Å². The van der Waals surface area contributed by atoms with Gasteiger partial charge in [-0.3, -0.25) is 0 Å². The Bertz CT molecular complexity index is 488. The maximum atomic E-state index is 14.0. The lowest BCUT2D eigenvalue weighted by atomic mass is 10.1. The van der Waals surface area contributed by atoms with E-state index in [1.165, 1.54) is 11.0 Å². The van der Waals surface area contributed by atoms with Gasteiger partial charge in [0.1, 0.15) is 5.82 Å². The van der Waals surface area contributed by atoms with E-state index in [0.717, 1.165) is 6.07 Å². The van der Waals surface area contributed by atoms with Crippen molar-refractivity contribution in [1.82, 2.24) is 4.90 Å². The van der Waals surface area contributed by atoms with E-state index in [4.69, 9.17) is 10.2 Å². The van der Waals surface area contributed by atoms with Gasteiger partial charge < -0.3 is 20.0 Å². The number of nitrogens with zero attached hydrogens (tertiary/aromatic N) is 2. The van der Waals surface area contributed by atoms with Crippen molar-refractivity contribution in [3.63, 3.8) is 0 Å². The van der Waals surface area contributed by atoms with Crippen molar-refractivity contribution < 1.29 is 23.8 Å². The fourth-order valence-electron chi connectivity index (χ4n) is 2.11. The summed E-state index contributed by atoms with van der Waals surface area (Å²) in [5.41, 5.74) is -0.173. The molecule has 0 atom stereocenters. The normalized spacial score (nSPS) is 15.7. The zero-order valence-electron chi connectivity index (χ0n) is 10.1. The summed E-state index contributed by atoms with van der Waals surface area (Å²) in [7, 11) is 0. The molecule has 1 fully saturated rings. The van der Waals surface area contributed by atoms with Crippen LogP contribution in [0, 0.1) is 11.6 Å². The second-order valence-electron chi connectivity index (χ2n) is 4.27. The SMILES string of the molecule is O=C(O)N1CCN(c2ccc(F)c(CO)c2F)CC1.